The summed E-state index contributed by atoms with van der Waals surface area (Å²) in [5, 5.41) is 5.02. The maximum absolute atomic E-state index is 13.3. The number of carbonyl (C=O) groups excluding carboxylic acids is 2. The molecule has 2 N–H and O–H groups in total. The molecule has 0 unspecified atom stereocenters. The molecule has 174 valence electrons. The monoisotopic (exact) mass is 477 g/mol. The molecule has 1 aliphatic rings. The van der Waals surface area contributed by atoms with E-state index in [0.29, 0.717) is 0 Å². The van der Waals surface area contributed by atoms with Gasteiger partial charge < -0.3 is 10.2 Å². The van der Waals surface area contributed by atoms with E-state index < -0.39 is 28.5 Å². The van der Waals surface area contributed by atoms with Crippen LogP contribution in [0.25, 0.3) is 0 Å². The van der Waals surface area contributed by atoms with Crippen molar-refractivity contribution in [3.05, 3.63) is 52.7 Å². The van der Waals surface area contributed by atoms with Crippen LogP contribution in [0.5, 0.6) is 0 Å². The Morgan fingerprint density at radius 2 is 1.78 bits per heavy atom. The molecule has 0 bridgehead atoms. The van der Waals surface area contributed by atoms with Crippen LogP contribution in [0.2, 0.25) is 0 Å². The third kappa shape index (κ3) is 6.40. The fraction of sp³-hybridized carbons (Fsp3) is 0.478. The van der Waals surface area contributed by atoms with Crippen LogP contribution in [0.4, 0.5) is 0 Å². The lowest BCUT2D eigenvalue weighted by molar-refractivity contribution is -0.142. The summed E-state index contributed by atoms with van der Waals surface area (Å²) in [6.07, 6.45) is 4.09. The Morgan fingerprint density at radius 3 is 2.38 bits per heavy atom. The van der Waals surface area contributed by atoms with Crippen molar-refractivity contribution < 1.29 is 18.0 Å². The molecule has 2 aromatic rings. The summed E-state index contributed by atoms with van der Waals surface area (Å²) in [4.78, 5) is 29.0. The Balaban J connectivity index is 1.78. The first-order valence-corrected chi connectivity index (χ1v) is 13.3. The summed E-state index contributed by atoms with van der Waals surface area (Å²) in [5.41, 5.74) is 0. The number of nitrogens with one attached hydrogen (secondary N) is 2. The van der Waals surface area contributed by atoms with Gasteiger partial charge >= 0.3 is 0 Å². The van der Waals surface area contributed by atoms with Gasteiger partial charge in [-0.15, -0.1) is 11.3 Å². The van der Waals surface area contributed by atoms with Gasteiger partial charge in [0.25, 0.3) is 0 Å². The second-order valence-corrected chi connectivity index (χ2v) is 11.2. The van der Waals surface area contributed by atoms with E-state index in [0.717, 1.165) is 30.6 Å². The van der Waals surface area contributed by atoms with Gasteiger partial charge in [0.15, 0.2) is 0 Å². The van der Waals surface area contributed by atoms with Crippen molar-refractivity contribution >= 4 is 33.2 Å². The largest absolute Gasteiger partial charge is 0.352 e. The van der Waals surface area contributed by atoms with Crippen molar-refractivity contribution in [2.24, 2.45) is 5.92 Å². The molecule has 0 aliphatic heterocycles. The average Bonchev–Trinajstić information content (AvgIpc) is 3.46. The Labute approximate surface area is 194 Å². The van der Waals surface area contributed by atoms with Crippen LogP contribution < -0.4 is 10.0 Å². The Morgan fingerprint density at radius 1 is 1.09 bits per heavy atom. The minimum Gasteiger partial charge on any atom is -0.352 e. The van der Waals surface area contributed by atoms with E-state index in [9.17, 15) is 18.0 Å². The van der Waals surface area contributed by atoms with E-state index in [1.54, 1.807) is 18.2 Å². The molecule has 2 amide bonds. The minimum absolute atomic E-state index is 0.0944. The molecule has 32 heavy (non-hydrogen) atoms. The number of sulfonamides is 1. The highest BCUT2D eigenvalue weighted by atomic mass is 32.2. The molecule has 0 radical (unpaired) electrons. The first kappa shape index (κ1) is 24.4. The van der Waals surface area contributed by atoms with E-state index in [2.05, 4.69) is 10.0 Å². The lowest BCUT2D eigenvalue weighted by Crippen LogP contribution is -2.55. The van der Waals surface area contributed by atoms with Gasteiger partial charge in [0, 0.05) is 10.9 Å². The number of benzene rings is 1. The molecule has 1 saturated carbocycles. The molecular weight excluding hydrogens is 446 g/mol. The standard InChI is InChI=1S/C23H31N3O4S2/c1-17(2)22(23(28)25-18-9-6-7-10-18)26(16-19-11-8-14-31-19)21(27)15-24-32(29,30)20-12-4-3-5-13-20/h3-5,8,11-14,17-18,22,24H,6-7,9-10,15-16H2,1-2H3,(H,25,28)/t22-/m0/s1. The van der Waals surface area contributed by atoms with Crippen molar-refractivity contribution in [3.63, 3.8) is 0 Å². The smallest absolute Gasteiger partial charge is 0.243 e. The summed E-state index contributed by atoms with van der Waals surface area (Å²) >= 11 is 1.50. The highest BCUT2D eigenvalue weighted by Gasteiger charge is 2.34. The number of hydrogen-bond donors (Lipinski definition) is 2. The molecule has 3 rings (SSSR count). The maximum Gasteiger partial charge on any atom is 0.243 e. The molecule has 1 heterocycles. The second kappa shape index (κ2) is 11.1. The van der Waals surface area contributed by atoms with Crippen LogP contribution in [-0.4, -0.2) is 43.8 Å². The van der Waals surface area contributed by atoms with Gasteiger partial charge in [-0.3, -0.25) is 9.59 Å². The van der Waals surface area contributed by atoms with Gasteiger partial charge in [0.1, 0.15) is 6.04 Å². The number of rotatable bonds is 10. The molecule has 1 fully saturated rings. The van der Waals surface area contributed by atoms with Crippen LogP contribution >= 0.6 is 11.3 Å². The van der Waals surface area contributed by atoms with Crippen LogP contribution in [0.15, 0.2) is 52.7 Å². The third-order valence-electron chi connectivity index (χ3n) is 5.63. The summed E-state index contributed by atoms with van der Waals surface area (Å²) in [5.74, 6) is -0.744. The number of carbonyl (C=O) groups is 2. The van der Waals surface area contributed by atoms with Crippen molar-refractivity contribution in [2.75, 3.05) is 6.54 Å². The van der Waals surface area contributed by atoms with E-state index in [1.165, 1.54) is 28.4 Å². The number of amides is 2. The number of nitrogens with zero attached hydrogens (tertiary/aromatic N) is 1. The lowest BCUT2D eigenvalue weighted by atomic mass is 10.0. The van der Waals surface area contributed by atoms with E-state index in [1.807, 2.05) is 31.4 Å². The summed E-state index contributed by atoms with van der Waals surface area (Å²) in [7, 11) is -3.83. The van der Waals surface area contributed by atoms with Crippen molar-refractivity contribution in [3.8, 4) is 0 Å². The average molecular weight is 478 g/mol. The Bertz CT molecular complexity index is 986. The van der Waals surface area contributed by atoms with Gasteiger partial charge in [-0.05, 0) is 42.3 Å². The second-order valence-electron chi connectivity index (χ2n) is 8.42. The Hall–Kier alpha value is -2.23. The molecule has 1 aromatic heterocycles. The van der Waals surface area contributed by atoms with Gasteiger partial charge in [-0.25, -0.2) is 13.1 Å². The molecule has 7 nitrogen and oxygen atoms in total. The molecule has 1 aromatic carbocycles. The van der Waals surface area contributed by atoms with Gasteiger partial charge in [0.05, 0.1) is 18.0 Å². The van der Waals surface area contributed by atoms with E-state index >= 15 is 0 Å². The number of hydrogen-bond acceptors (Lipinski definition) is 5. The molecule has 0 saturated heterocycles. The molecule has 1 atom stereocenters. The Kier molecular flexibility index (Phi) is 8.44. The lowest BCUT2D eigenvalue weighted by Gasteiger charge is -2.34. The first-order chi connectivity index (χ1) is 15.3. The minimum atomic E-state index is -3.83. The van der Waals surface area contributed by atoms with Crippen LogP contribution in [0.3, 0.4) is 0 Å². The molecule has 1 aliphatic carbocycles. The van der Waals surface area contributed by atoms with E-state index in [-0.39, 0.29) is 29.3 Å². The highest BCUT2D eigenvalue weighted by molar-refractivity contribution is 7.89. The molecular formula is C23H31N3O4S2. The number of thiophene rings is 1. The predicted molar refractivity (Wildman–Crippen MR) is 126 cm³/mol. The predicted octanol–water partition coefficient (Wildman–Crippen LogP) is 3.14. The van der Waals surface area contributed by atoms with Gasteiger partial charge in [0.2, 0.25) is 21.8 Å². The SMILES string of the molecule is CC(C)[C@@H](C(=O)NC1CCCC1)N(Cc1cccs1)C(=O)CNS(=O)(=O)c1ccccc1. The quantitative estimate of drug-likeness (QED) is 0.550. The first-order valence-electron chi connectivity index (χ1n) is 10.9. The van der Waals surface area contributed by atoms with Crippen LogP contribution in [-0.2, 0) is 26.2 Å². The van der Waals surface area contributed by atoms with Gasteiger partial charge in [-0.1, -0.05) is 51.0 Å². The summed E-state index contributed by atoms with van der Waals surface area (Å²) < 4.78 is 27.6. The van der Waals surface area contributed by atoms with E-state index in [4.69, 9.17) is 0 Å². The van der Waals surface area contributed by atoms with Crippen molar-refractivity contribution in [1.82, 2.24) is 14.9 Å². The zero-order valence-corrected chi connectivity index (χ0v) is 20.1. The summed E-state index contributed by atoms with van der Waals surface area (Å²) in [6.45, 7) is 3.65. The van der Waals surface area contributed by atoms with Crippen LogP contribution in [0.1, 0.15) is 44.4 Å². The fourth-order valence-electron chi connectivity index (χ4n) is 4.01. The molecule has 9 heteroatoms. The highest BCUT2D eigenvalue weighted by Crippen LogP contribution is 2.22. The van der Waals surface area contributed by atoms with Gasteiger partial charge in [-0.2, -0.15) is 0 Å². The molecule has 0 spiro atoms. The zero-order chi connectivity index (χ0) is 23.1. The maximum atomic E-state index is 13.3. The topological polar surface area (TPSA) is 95.6 Å². The zero-order valence-electron chi connectivity index (χ0n) is 18.5. The van der Waals surface area contributed by atoms with Crippen molar-refractivity contribution in [2.45, 2.75) is 63.1 Å². The van der Waals surface area contributed by atoms with Crippen LogP contribution in [0, 0.1) is 5.92 Å². The normalized spacial score (nSPS) is 15.6. The third-order valence-corrected chi connectivity index (χ3v) is 7.91. The summed E-state index contributed by atoms with van der Waals surface area (Å²) in [6, 6.07) is 11.2. The fourth-order valence-corrected chi connectivity index (χ4v) is 5.71. The van der Waals surface area contributed by atoms with Crippen molar-refractivity contribution in [1.29, 1.82) is 0 Å².